The number of hydrogen-bond acceptors (Lipinski definition) is 10. The molecule has 2 aliphatic heterocycles. The summed E-state index contributed by atoms with van der Waals surface area (Å²) in [6.07, 6.45) is 11.6. The Labute approximate surface area is 394 Å². The fourth-order valence-corrected chi connectivity index (χ4v) is 11.6. The summed E-state index contributed by atoms with van der Waals surface area (Å²) in [5.41, 5.74) is 4.60. The quantitative estimate of drug-likeness (QED) is 0.0711. The Balaban J connectivity index is 0.971. The number of esters is 2. The first kappa shape index (κ1) is 47.4. The van der Waals surface area contributed by atoms with E-state index >= 15 is 0 Å². The van der Waals surface area contributed by atoms with Crippen molar-refractivity contribution in [1.29, 1.82) is 0 Å². The summed E-state index contributed by atoms with van der Waals surface area (Å²) in [7, 11) is 3.47. The van der Waals surface area contributed by atoms with Crippen LogP contribution in [0.2, 0.25) is 0 Å². The Morgan fingerprint density at radius 2 is 0.818 bits per heavy atom. The van der Waals surface area contributed by atoms with Gasteiger partial charge in [-0.1, -0.05) is 123 Å². The van der Waals surface area contributed by atoms with Gasteiger partial charge in [0, 0.05) is 64.2 Å². The van der Waals surface area contributed by atoms with Crippen LogP contribution in [0.25, 0.3) is 0 Å². The van der Waals surface area contributed by atoms with Crippen molar-refractivity contribution in [2.24, 2.45) is 11.8 Å². The van der Waals surface area contributed by atoms with E-state index < -0.39 is 24.1 Å². The van der Waals surface area contributed by atoms with E-state index in [1.54, 1.807) is 14.2 Å². The summed E-state index contributed by atoms with van der Waals surface area (Å²) in [6, 6.07) is 37.7. The van der Waals surface area contributed by atoms with Crippen molar-refractivity contribution in [3.8, 4) is 11.5 Å². The van der Waals surface area contributed by atoms with Crippen molar-refractivity contribution < 1.29 is 28.5 Å². The lowest BCUT2D eigenvalue weighted by Gasteiger charge is -2.40. The van der Waals surface area contributed by atoms with Crippen LogP contribution >= 0.6 is 0 Å². The average molecular weight is 899 g/mol. The largest absolute Gasteiger partial charge is 0.495 e. The SMILES string of the molecule is COc1ccccc1N1CCN(CCC(c2ccccc2)C(OC(=O)C(=O)OC(C2CCCCC2)C(CCN2CCN(c3ccccc3OC)CC2)c2ccccc2)C2CCCCC2)CC1. The number of para-hydroxylation sites is 4. The molecule has 8 rings (SSSR count). The zero-order valence-electron chi connectivity index (χ0n) is 39.7. The third kappa shape index (κ3) is 12.3. The minimum Gasteiger partial charge on any atom is -0.495 e. The molecule has 66 heavy (non-hydrogen) atoms. The van der Waals surface area contributed by atoms with Crippen LogP contribution in [0.4, 0.5) is 11.4 Å². The molecule has 2 aliphatic carbocycles. The predicted octanol–water partition coefficient (Wildman–Crippen LogP) is 9.98. The molecule has 0 aromatic heterocycles. The monoisotopic (exact) mass is 899 g/mol. The van der Waals surface area contributed by atoms with Crippen LogP contribution in [0.3, 0.4) is 0 Å². The molecule has 0 spiro atoms. The van der Waals surface area contributed by atoms with E-state index in [4.69, 9.17) is 18.9 Å². The van der Waals surface area contributed by atoms with E-state index in [2.05, 4.69) is 92.4 Å². The van der Waals surface area contributed by atoms with Gasteiger partial charge in [0.2, 0.25) is 0 Å². The summed E-state index contributed by atoms with van der Waals surface area (Å²) in [6.45, 7) is 9.14. The molecule has 0 bridgehead atoms. The van der Waals surface area contributed by atoms with E-state index in [1.807, 2.05) is 36.4 Å². The van der Waals surface area contributed by atoms with Gasteiger partial charge >= 0.3 is 11.9 Å². The highest BCUT2D eigenvalue weighted by molar-refractivity contribution is 6.29. The average Bonchev–Trinajstić information content (AvgIpc) is 3.39. The van der Waals surface area contributed by atoms with Gasteiger partial charge in [-0.25, -0.2) is 9.59 Å². The summed E-state index contributed by atoms with van der Waals surface area (Å²) in [4.78, 5) is 38.9. The molecule has 10 nitrogen and oxygen atoms in total. The molecule has 2 saturated heterocycles. The maximum Gasteiger partial charge on any atom is 0.417 e. The molecule has 4 unspecified atom stereocenters. The van der Waals surface area contributed by atoms with Crippen molar-refractivity contribution in [3.63, 3.8) is 0 Å². The van der Waals surface area contributed by atoms with Gasteiger partial charge in [-0.15, -0.1) is 0 Å². The lowest BCUT2D eigenvalue weighted by Crippen LogP contribution is -2.47. The van der Waals surface area contributed by atoms with Crippen LogP contribution in [0.15, 0.2) is 109 Å². The van der Waals surface area contributed by atoms with E-state index in [9.17, 15) is 9.59 Å². The van der Waals surface area contributed by atoms with Crippen LogP contribution in [-0.2, 0) is 19.1 Å². The van der Waals surface area contributed by atoms with Crippen LogP contribution in [0.1, 0.15) is 100 Å². The molecule has 0 N–H and O–H groups in total. The number of ether oxygens (including phenoxy) is 4. The van der Waals surface area contributed by atoms with Crippen LogP contribution < -0.4 is 19.3 Å². The standard InChI is InChI=1S/C56H74N4O6/c1-63-51-29-17-15-27-49(51)59-39-35-57(36-40-59)33-31-47(43-19-7-3-8-20-43)53(45-23-11-5-12-24-45)65-55(61)56(62)66-54(46-25-13-6-14-26-46)48(44-21-9-4-10-22-44)32-34-58-37-41-60(42-38-58)50-28-16-18-30-52(50)64-2/h3-4,7-10,15-22,27-30,45-48,53-54H,5-6,11-14,23-26,31-42H2,1-2H3. The zero-order valence-corrected chi connectivity index (χ0v) is 39.7. The number of carbonyl (C=O) groups excluding carboxylic acids is 2. The first-order valence-electron chi connectivity index (χ1n) is 25.2. The second-order valence-corrected chi connectivity index (χ2v) is 19.1. The van der Waals surface area contributed by atoms with E-state index in [0.717, 1.165) is 164 Å². The molecule has 10 heteroatoms. The van der Waals surface area contributed by atoms with Gasteiger partial charge in [-0.3, -0.25) is 9.80 Å². The number of rotatable bonds is 18. The number of benzene rings is 4. The van der Waals surface area contributed by atoms with E-state index in [0.29, 0.717) is 0 Å². The van der Waals surface area contributed by atoms with Crippen molar-refractivity contribution >= 4 is 23.3 Å². The number of hydrogen-bond donors (Lipinski definition) is 0. The molecule has 4 aromatic carbocycles. The zero-order chi connectivity index (χ0) is 45.5. The second kappa shape index (κ2) is 24.1. The van der Waals surface area contributed by atoms with Crippen molar-refractivity contribution in [1.82, 2.24) is 9.80 Å². The Morgan fingerprint density at radius 3 is 1.18 bits per heavy atom. The van der Waals surface area contributed by atoms with Crippen LogP contribution in [0.5, 0.6) is 11.5 Å². The number of piperazine rings is 2. The Morgan fingerprint density at radius 1 is 0.470 bits per heavy atom. The molecule has 4 aromatic rings. The Hall–Kier alpha value is -5.06. The molecular formula is C56H74N4O6. The minimum atomic E-state index is -0.836. The molecule has 354 valence electrons. The highest BCUT2D eigenvalue weighted by Crippen LogP contribution is 2.40. The maximum atomic E-state index is 14.5. The lowest BCUT2D eigenvalue weighted by molar-refractivity contribution is -0.180. The molecule has 2 saturated carbocycles. The number of methoxy groups -OCH3 is 2. The number of anilines is 2. The van der Waals surface area contributed by atoms with Gasteiger partial charge in [0.15, 0.2) is 0 Å². The Kier molecular flexibility index (Phi) is 17.3. The molecule has 4 aliphatic rings. The van der Waals surface area contributed by atoms with Gasteiger partial charge in [0.05, 0.1) is 25.6 Å². The van der Waals surface area contributed by atoms with Gasteiger partial charge in [0.1, 0.15) is 23.7 Å². The van der Waals surface area contributed by atoms with Crippen LogP contribution in [0, 0.1) is 11.8 Å². The van der Waals surface area contributed by atoms with Gasteiger partial charge in [-0.2, -0.15) is 0 Å². The third-order valence-corrected chi connectivity index (χ3v) is 15.2. The molecule has 0 amide bonds. The smallest absolute Gasteiger partial charge is 0.417 e. The number of carbonyl (C=O) groups is 2. The molecular weight excluding hydrogens is 825 g/mol. The predicted molar refractivity (Wildman–Crippen MR) is 264 cm³/mol. The second-order valence-electron chi connectivity index (χ2n) is 19.1. The van der Waals surface area contributed by atoms with Crippen molar-refractivity contribution in [2.75, 3.05) is 89.5 Å². The first-order chi connectivity index (χ1) is 32.5. The number of nitrogens with zero attached hydrogens (tertiary/aromatic N) is 4. The third-order valence-electron chi connectivity index (χ3n) is 15.2. The van der Waals surface area contributed by atoms with Gasteiger partial charge in [0.25, 0.3) is 0 Å². The highest BCUT2D eigenvalue weighted by atomic mass is 16.6. The maximum absolute atomic E-state index is 14.5. The fourth-order valence-electron chi connectivity index (χ4n) is 11.6. The van der Waals surface area contributed by atoms with Crippen molar-refractivity contribution in [3.05, 3.63) is 120 Å². The van der Waals surface area contributed by atoms with E-state index in [1.165, 1.54) is 12.8 Å². The first-order valence-corrected chi connectivity index (χ1v) is 25.2. The Bertz CT molecular complexity index is 1930. The molecule has 4 fully saturated rings. The molecule has 4 atom stereocenters. The van der Waals surface area contributed by atoms with Gasteiger partial charge in [-0.05, 0) is 98.8 Å². The fraction of sp³-hybridized carbons (Fsp3) is 0.536. The normalized spacial score (nSPS) is 19.9. The summed E-state index contributed by atoms with van der Waals surface area (Å²) < 4.78 is 24.6. The van der Waals surface area contributed by atoms with Crippen molar-refractivity contribution in [2.45, 2.75) is 101 Å². The van der Waals surface area contributed by atoms with E-state index in [-0.39, 0.29) is 23.7 Å². The molecule has 0 radical (unpaired) electrons. The summed E-state index contributed by atoms with van der Waals surface area (Å²) >= 11 is 0. The minimum absolute atomic E-state index is 0.0482. The lowest BCUT2D eigenvalue weighted by atomic mass is 9.76. The topological polar surface area (TPSA) is 84.0 Å². The van der Waals surface area contributed by atoms with Gasteiger partial charge < -0.3 is 28.7 Å². The summed E-state index contributed by atoms with van der Waals surface area (Å²) in [5.74, 6) is 0.397. The highest BCUT2D eigenvalue weighted by Gasteiger charge is 2.40. The molecule has 2 heterocycles. The van der Waals surface area contributed by atoms with Crippen LogP contribution in [-0.4, -0.2) is 114 Å². The summed E-state index contributed by atoms with van der Waals surface area (Å²) in [5, 5.41) is 0.